The van der Waals surface area contributed by atoms with Crippen LogP contribution < -0.4 is 15.0 Å². The van der Waals surface area contributed by atoms with Crippen molar-refractivity contribution in [1.29, 1.82) is 0 Å². The first-order chi connectivity index (χ1) is 15.7. The number of aromatic nitrogens is 5. The predicted molar refractivity (Wildman–Crippen MR) is 126 cm³/mol. The molecule has 1 aliphatic carbocycles. The number of anilines is 2. The molecule has 0 saturated heterocycles. The summed E-state index contributed by atoms with van der Waals surface area (Å²) in [6.07, 6.45) is 6.29. The van der Waals surface area contributed by atoms with E-state index in [0.717, 1.165) is 28.8 Å². The number of nitrogens with one attached hydrogen (secondary N) is 1. The van der Waals surface area contributed by atoms with Gasteiger partial charge in [-0.1, -0.05) is 49.1 Å². The largest absolute Gasteiger partial charge is 0.486 e. The fourth-order valence-corrected chi connectivity index (χ4v) is 5.03. The molecule has 1 fully saturated rings. The third-order valence-corrected chi connectivity index (χ3v) is 6.67. The van der Waals surface area contributed by atoms with Crippen LogP contribution in [0.25, 0.3) is 28.1 Å². The molecular formula is C23H24ClN7O. The van der Waals surface area contributed by atoms with Crippen molar-refractivity contribution in [3.05, 3.63) is 35.5 Å². The van der Waals surface area contributed by atoms with Gasteiger partial charge in [-0.05, 0) is 25.0 Å². The second kappa shape index (κ2) is 7.78. The summed E-state index contributed by atoms with van der Waals surface area (Å²) >= 11 is 6.52. The first kappa shape index (κ1) is 19.5. The first-order valence-electron chi connectivity index (χ1n) is 11.1. The molecule has 8 nitrogen and oxygen atoms in total. The lowest BCUT2D eigenvalue weighted by Gasteiger charge is -2.27. The van der Waals surface area contributed by atoms with Crippen molar-refractivity contribution in [2.75, 3.05) is 30.4 Å². The summed E-state index contributed by atoms with van der Waals surface area (Å²) in [6.45, 7) is 1.31. The van der Waals surface area contributed by atoms with E-state index in [0.29, 0.717) is 40.7 Å². The van der Waals surface area contributed by atoms with E-state index in [2.05, 4.69) is 44.9 Å². The number of nitrogens with zero attached hydrogens (tertiary/aromatic N) is 6. The van der Waals surface area contributed by atoms with Crippen LogP contribution in [-0.4, -0.2) is 51.0 Å². The SMILES string of the molecule is CN1CCOc2c1c(Cl)nn1c(-c3ccc4cccc(NC5CCCCC5)c4n3)nnc21. The van der Waals surface area contributed by atoms with Crippen molar-refractivity contribution in [2.24, 2.45) is 0 Å². The summed E-state index contributed by atoms with van der Waals surface area (Å²) < 4.78 is 7.52. The Labute approximate surface area is 190 Å². The van der Waals surface area contributed by atoms with E-state index in [9.17, 15) is 0 Å². The number of benzene rings is 1. The maximum Gasteiger partial charge on any atom is 0.222 e. The number of hydrogen-bond acceptors (Lipinski definition) is 7. The highest BCUT2D eigenvalue weighted by Gasteiger charge is 2.26. The van der Waals surface area contributed by atoms with E-state index in [1.165, 1.54) is 32.1 Å². The molecule has 32 heavy (non-hydrogen) atoms. The minimum Gasteiger partial charge on any atom is -0.486 e. The van der Waals surface area contributed by atoms with Crippen LogP contribution in [0.3, 0.4) is 0 Å². The number of ether oxygens (including phenoxy) is 1. The smallest absolute Gasteiger partial charge is 0.222 e. The molecule has 0 atom stereocenters. The number of fused-ring (bicyclic) bond motifs is 4. The molecule has 6 rings (SSSR count). The standard InChI is InChI=1S/C23H24ClN7O/c1-30-12-13-32-20-19(30)21(24)29-31-22(27-28-23(20)31)17-11-10-14-6-5-9-16(18(14)26-17)25-15-7-3-2-4-8-15/h5-6,9-11,15,25H,2-4,7-8,12-13H2,1H3. The molecule has 1 N–H and O–H groups in total. The molecule has 164 valence electrons. The lowest BCUT2D eigenvalue weighted by Crippen LogP contribution is -2.30. The van der Waals surface area contributed by atoms with Gasteiger partial charge >= 0.3 is 0 Å². The molecule has 4 heterocycles. The number of likely N-dealkylation sites (N-methyl/N-ethyl adjacent to an activating group) is 1. The van der Waals surface area contributed by atoms with E-state index in [-0.39, 0.29) is 0 Å². The third-order valence-electron chi connectivity index (χ3n) is 6.41. The molecule has 0 radical (unpaired) electrons. The van der Waals surface area contributed by atoms with Crippen LogP contribution in [0.5, 0.6) is 5.75 Å². The average Bonchev–Trinajstić information content (AvgIpc) is 3.24. The topological polar surface area (TPSA) is 80.5 Å². The van der Waals surface area contributed by atoms with Crippen molar-refractivity contribution in [3.63, 3.8) is 0 Å². The van der Waals surface area contributed by atoms with E-state index in [1.807, 2.05) is 18.0 Å². The van der Waals surface area contributed by atoms with Crippen molar-refractivity contribution in [3.8, 4) is 17.3 Å². The van der Waals surface area contributed by atoms with E-state index in [4.69, 9.17) is 21.3 Å². The maximum atomic E-state index is 6.52. The molecular weight excluding hydrogens is 426 g/mol. The van der Waals surface area contributed by atoms with Crippen LogP contribution in [0.4, 0.5) is 11.4 Å². The number of halogens is 1. The molecule has 9 heteroatoms. The number of pyridine rings is 1. The van der Waals surface area contributed by atoms with Crippen LogP contribution in [0.2, 0.25) is 5.15 Å². The van der Waals surface area contributed by atoms with Gasteiger partial charge in [-0.2, -0.15) is 4.52 Å². The molecule has 0 amide bonds. The maximum absolute atomic E-state index is 6.52. The Hall–Kier alpha value is -3.13. The van der Waals surface area contributed by atoms with Crippen LogP contribution in [-0.2, 0) is 0 Å². The Morgan fingerprint density at radius 2 is 1.97 bits per heavy atom. The second-order valence-electron chi connectivity index (χ2n) is 8.55. The molecule has 3 aromatic heterocycles. The van der Waals surface area contributed by atoms with E-state index in [1.54, 1.807) is 4.52 Å². The van der Waals surface area contributed by atoms with Gasteiger partial charge in [-0.15, -0.1) is 15.3 Å². The highest BCUT2D eigenvalue weighted by molar-refractivity contribution is 6.32. The molecule has 0 bridgehead atoms. The quantitative estimate of drug-likeness (QED) is 0.490. The Morgan fingerprint density at radius 1 is 1.09 bits per heavy atom. The van der Waals surface area contributed by atoms with Gasteiger partial charge in [-0.25, -0.2) is 4.98 Å². The summed E-state index contributed by atoms with van der Waals surface area (Å²) in [4.78, 5) is 7.00. The number of hydrogen-bond donors (Lipinski definition) is 1. The fourth-order valence-electron chi connectivity index (χ4n) is 4.73. The van der Waals surface area contributed by atoms with Crippen molar-refractivity contribution < 1.29 is 4.74 Å². The lowest BCUT2D eigenvalue weighted by molar-refractivity contribution is 0.312. The van der Waals surface area contributed by atoms with Crippen LogP contribution in [0, 0.1) is 0 Å². The highest BCUT2D eigenvalue weighted by Crippen LogP contribution is 2.39. The lowest BCUT2D eigenvalue weighted by atomic mass is 9.95. The van der Waals surface area contributed by atoms with Gasteiger partial charge in [0, 0.05) is 18.5 Å². The Balaban J connectivity index is 1.45. The Kier molecular flexibility index (Phi) is 4.75. The molecule has 0 spiro atoms. The Bertz CT molecular complexity index is 1310. The zero-order valence-corrected chi connectivity index (χ0v) is 18.6. The fraction of sp³-hybridized carbons (Fsp3) is 0.391. The molecule has 2 aliphatic rings. The van der Waals surface area contributed by atoms with Crippen LogP contribution in [0.1, 0.15) is 32.1 Å². The zero-order valence-electron chi connectivity index (χ0n) is 17.9. The zero-order chi connectivity index (χ0) is 21.7. The van der Waals surface area contributed by atoms with Crippen molar-refractivity contribution in [2.45, 2.75) is 38.1 Å². The highest BCUT2D eigenvalue weighted by atomic mass is 35.5. The van der Waals surface area contributed by atoms with Gasteiger partial charge in [0.15, 0.2) is 10.9 Å². The predicted octanol–water partition coefficient (Wildman–Crippen LogP) is 4.57. The minimum atomic E-state index is 0.358. The summed E-state index contributed by atoms with van der Waals surface area (Å²) in [5, 5.41) is 18.5. The second-order valence-corrected chi connectivity index (χ2v) is 8.91. The first-order valence-corrected chi connectivity index (χ1v) is 11.5. The van der Waals surface area contributed by atoms with Gasteiger partial charge < -0.3 is 15.0 Å². The molecule has 0 unspecified atom stereocenters. The average molecular weight is 450 g/mol. The van der Waals surface area contributed by atoms with Crippen molar-refractivity contribution >= 4 is 39.5 Å². The summed E-state index contributed by atoms with van der Waals surface area (Å²) in [5.41, 5.74) is 3.96. The van der Waals surface area contributed by atoms with Gasteiger partial charge in [0.05, 0.1) is 17.7 Å². The summed E-state index contributed by atoms with van der Waals surface area (Å²) in [7, 11) is 1.97. The van der Waals surface area contributed by atoms with Crippen molar-refractivity contribution in [1.82, 2.24) is 24.8 Å². The normalized spacial score (nSPS) is 16.9. The molecule has 4 aromatic rings. The van der Waals surface area contributed by atoms with E-state index >= 15 is 0 Å². The Morgan fingerprint density at radius 3 is 2.84 bits per heavy atom. The monoisotopic (exact) mass is 449 g/mol. The number of rotatable bonds is 3. The summed E-state index contributed by atoms with van der Waals surface area (Å²) in [5.74, 6) is 1.15. The van der Waals surface area contributed by atoms with E-state index < -0.39 is 0 Å². The van der Waals surface area contributed by atoms with Crippen LogP contribution >= 0.6 is 11.6 Å². The van der Waals surface area contributed by atoms with Gasteiger partial charge in [0.2, 0.25) is 11.5 Å². The third kappa shape index (κ3) is 3.21. The number of para-hydroxylation sites is 1. The minimum absolute atomic E-state index is 0.358. The van der Waals surface area contributed by atoms with Gasteiger partial charge in [-0.3, -0.25) is 0 Å². The molecule has 1 aromatic carbocycles. The summed E-state index contributed by atoms with van der Waals surface area (Å²) in [6, 6.07) is 10.8. The van der Waals surface area contributed by atoms with Gasteiger partial charge in [0.25, 0.3) is 0 Å². The molecule has 1 aliphatic heterocycles. The van der Waals surface area contributed by atoms with Gasteiger partial charge in [0.1, 0.15) is 18.0 Å². The molecule has 1 saturated carbocycles. The van der Waals surface area contributed by atoms with Crippen LogP contribution in [0.15, 0.2) is 30.3 Å².